The Labute approximate surface area is 99.0 Å². The van der Waals surface area contributed by atoms with Gasteiger partial charge in [-0.25, -0.2) is 0 Å². The third kappa shape index (κ3) is 3.79. The van der Waals surface area contributed by atoms with Gasteiger partial charge in [0.05, 0.1) is 5.56 Å². The van der Waals surface area contributed by atoms with Crippen molar-refractivity contribution in [3.05, 3.63) is 34.9 Å². The van der Waals surface area contributed by atoms with Crippen LogP contribution in [0.3, 0.4) is 0 Å². The summed E-state index contributed by atoms with van der Waals surface area (Å²) in [5.74, 6) is 5.61. The number of rotatable bonds is 2. The van der Waals surface area contributed by atoms with Crippen LogP contribution in [0.25, 0.3) is 0 Å². The van der Waals surface area contributed by atoms with Crippen LogP contribution in [-0.4, -0.2) is 13.6 Å². The molecule has 0 aliphatic carbocycles. The summed E-state index contributed by atoms with van der Waals surface area (Å²) < 4.78 is 37.8. The largest absolute Gasteiger partial charge is 0.416 e. The van der Waals surface area contributed by atoms with Crippen molar-refractivity contribution in [2.24, 2.45) is 0 Å². The number of nitrogens with one attached hydrogen (secondary N) is 1. The van der Waals surface area contributed by atoms with Gasteiger partial charge in [0, 0.05) is 18.5 Å². The summed E-state index contributed by atoms with van der Waals surface area (Å²) in [5, 5.41) is 2.92. The van der Waals surface area contributed by atoms with Crippen molar-refractivity contribution in [3.8, 4) is 11.8 Å². The first-order valence-corrected chi connectivity index (χ1v) is 5.27. The first kappa shape index (κ1) is 13.6. The molecule has 0 spiro atoms. The minimum Gasteiger partial charge on any atom is -0.319 e. The summed E-state index contributed by atoms with van der Waals surface area (Å²) >= 11 is 0. The second-order valence-electron chi connectivity index (χ2n) is 3.63. The van der Waals surface area contributed by atoms with Gasteiger partial charge in [-0.15, -0.1) is 0 Å². The number of alkyl halides is 3. The van der Waals surface area contributed by atoms with E-state index in [0.29, 0.717) is 12.0 Å². The molecular formula is C13H14F3N. The van der Waals surface area contributed by atoms with Gasteiger partial charge in [-0.05, 0) is 31.7 Å². The van der Waals surface area contributed by atoms with Crippen LogP contribution in [0.15, 0.2) is 18.2 Å². The number of hydrogen-bond acceptors (Lipinski definition) is 1. The van der Waals surface area contributed by atoms with E-state index < -0.39 is 11.7 Å². The minimum absolute atomic E-state index is 0.192. The molecule has 1 aromatic carbocycles. The van der Waals surface area contributed by atoms with Gasteiger partial charge < -0.3 is 5.32 Å². The molecular weight excluding hydrogens is 227 g/mol. The predicted octanol–water partition coefficient (Wildman–Crippen LogP) is 2.97. The Morgan fingerprint density at radius 2 is 2.00 bits per heavy atom. The monoisotopic (exact) mass is 241 g/mol. The van der Waals surface area contributed by atoms with Crippen LogP contribution in [0.5, 0.6) is 0 Å². The maximum atomic E-state index is 12.6. The molecule has 0 radical (unpaired) electrons. The lowest BCUT2D eigenvalue weighted by Gasteiger charge is -2.10. The molecule has 0 aliphatic heterocycles. The normalized spacial score (nSPS) is 10.9. The lowest BCUT2D eigenvalue weighted by atomic mass is 10.0. The maximum absolute atomic E-state index is 12.6. The third-order valence-corrected chi connectivity index (χ3v) is 2.36. The summed E-state index contributed by atoms with van der Waals surface area (Å²) in [7, 11) is 1.80. The molecule has 1 aromatic rings. The number of halogens is 3. The van der Waals surface area contributed by atoms with E-state index in [1.54, 1.807) is 13.1 Å². The van der Waals surface area contributed by atoms with Gasteiger partial charge in [-0.2, -0.15) is 13.2 Å². The Balaban J connectivity index is 2.98. The second-order valence-corrected chi connectivity index (χ2v) is 3.63. The highest BCUT2D eigenvalue weighted by molar-refractivity contribution is 5.45. The van der Waals surface area contributed by atoms with Gasteiger partial charge in [0.25, 0.3) is 0 Å². The molecule has 1 N–H and O–H groups in total. The molecule has 0 unspecified atom stereocenters. The number of hydrogen-bond donors (Lipinski definition) is 1. The number of benzene rings is 1. The first-order valence-electron chi connectivity index (χ1n) is 5.27. The fourth-order valence-corrected chi connectivity index (χ4v) is 1.42. The van der Waals surface area contributed by atoms with E-state index in [2.05, 4.69) is 17.2 Å². The molecule has 0 bridgehead atoms. The van der Waals surface area contributed by atoms with Crippen molar-refractivity contribution in [3.63, 3.8) is 0 Å². The van der Waals surface area contributed by atoms with Crippen molar-refractivity contribution in [1.29, 1.82) is 0 Å². The molecule has 0 amide bonds. The van der Waals surface area contributed by atoms with E-state index >= 15 is 0 Å². The standard InChI is InChI=1S/C13H14F3N/c1-10-11(6-3-4-9-17-2)7-5-8-12(10)13(14,15)16/h5,7-8,17H,4,9H2,1-2H3. The van der Waals surface area contributed by atoms with E-state index in [1.165, 1.54) is 13.0 Å². The average molecular weight is 241 g/mol. The van der Waals surface area contributed by atoms with E-state index in [1.807, 2.05) is 0 Å². The van der Waals surface area contributed by atoms with Gasteiger partial charge in [0.15, 0.2) is 0 Å². The van der Waals surface area contributed by atoms with Crippen molar-refractivity contribution in [2.75, 3.05) is 13.6 Å². The molecule has 0 saturated heterocycles. The van der Waals surface area contributed by atoms with Crippen LogP contribution in [0.1, 0.15) is 23.1 Å². The van der Waals surface area contributed by atoms with Gasteiger partial charge >= 0.3 is 6.18 Å². The molecule has 4 heteroatoms. The Hall–Kier alpha value is -1.47. The summed E-state index contributed by atoms with van der Waals surface area (Å²) in [6.45, 7) is 2.18. The van der Waals surface area contributed by atoms with Crippen LogP contribution >= 0.6 is 0 Å². The average Bonchev–Trinajstić information content (AvgIpc) is 2.25. The minimum atomic E-state index is -4.31. The van der Waals surface area contributed by atoms with Crippen molar-refractivity contribution < 1.29 is 13.2 Å². The Morgan fingerprint density at radius 3 is 2.59 bits per heavy atom. The van der Waals surface area contributed by atoms with Crippen LogP contribution in [0.4, 0.5) is 13.2 Å². The smallest absolute Gasteiger partial charge is 0.319 e. The van der Waals surface area contributed by atoms with Crippen LogP contribution in [-0.2, 0) is 6.18 Å². The fourth-order valence-electron chi connectivity index (χ4n) is 1.42. The van der Waals surface area contributed by atoms with Gasteiger partial charge in [0.1, 0.15) is 0 Å². The molecule has 0 saturated carbocycles. The fraction of sp³-hybridized carbons (Fsp3) is 0.385. The molecule has 0 atom stereocenters. The zero-order chi connectivity index (χ0) is 12.9. The predicted molar refractivity (Wildman–Crippen MR) is 61.6 cm³/mol. The Kier molecular flexibility index (Phi) is 4.59. The highest BCUT2D eigenvalue weighted by Crippen LogP contribution is 2.32. The molecule has 0 aliphatic rings. The zero-order valence-corrected chi connectivity index (χ0v) is 9.78. The van der Waals surface area contributed by atoms with E-state index in [9.17, 15) is 13.2 Å². The molecule has 17 heavy (non-hydrogen) atoms. The molecule has 0 heterocycles. The molecule has 1 rings (SSSR count). The SMILES string of the molecule is CNCCC#Cc1cccc(C(F)(F)F)c1C. The van der Waals surface area contributed by atoms with E-state index in [0.717, 1.165) is 12.6 Å². The summed E-state index contributed by atoms with van der Waals surface area (Å²) in [6, 6.07) is 4.07. The molecule has 0 fully saturated rings. The molecule has 1 nitrogen and oxygen atoms in total. The highest BCUT2D eigenvalue weighted by Gasteiger charge is 2.32. The lowest BCUT2D eigenvalue weighted by molar-refractivity contribution is -0.138. The van der Waals surface area contributed by atoms with Gasteiger partial charge in [-0.3, -0.25) is 0 Å². The topological polar surface area (TPSA) is 12.0 Å². The summed E-state index contributed by atoms with van der Waals surface area (Å²) in [4.78, 5) is 0. The maximum Gasteiger partial charge on any atom is 0.416 e. The van der Waals surface area contributed by atoms with Crippen LogP contribution in [0, 0.1) is 18.8 Å². The van der Waals surface area contributed by atoms with E-state index in [4.69, 9.17) is 0 Å². The van der Waals surface area contributed by atoms with Crippen LogP contribution in [0.2, 0.25) is 0 Å². The summed E-state index contributed by atoms with van der Waals surface area (Å²) in [6.07, 6.45) is -3.70. The van der Waals surface area contributed by atoms with Crippen molar-refractivity contribution in [2.45, 2.75) is 19.5 Å². The summed E-state index contributed by atoms with van der Waals surface area (Å²) in [5.41, 5.74) is 0.0193. The van der Waals surface area contributed by atoms with Crippen molar-refractivity contribution in [1.82, 2.24) is 5.32 Å². The van der Waals surface area contributed by atoms with Gasteiger partial charge in [-0.1, -0.05) is 17.9 Å². The van der Waals surface area contributed by atoms with E-state index in [-0.39, 0.29) is 5.56 Å². The zero-order valence-electron chi connectivity index (χ0n) is 9.78. The Bertz CT molecular complexity index is 438. The second kappa shape index (κ2) is 5.74. The molecule has 92 valence electrons. The van der Waals surface area contributed by atoms with Gasteiger partial charge in [0.2, 0.25) is 0 Å². The Morgan fingerprint density at radius 1 is 1.29 bits per heavy atom. The highest BCUT2D eigenvalue weighted by atomic mass is 19.4. The van der Waals surface area contributed by atoms with Crippen molar-refractivity contribution >= 4 is 0 Å². The molecule has 0 aromatic heterocycles. The van der Waals surface area contributed by atoms with Crippen LogP contribution < -0.4 is 5.32 Å². The lowest BCUT2D eigenvalue weighted by Crippen LogP contribution is -2.08. The quantitative estimate of drug-likeness (QED) is 0.620. The first-order chi connectivity index (χ1) is 7.96. The third-order valence-electron chi connectivity index (χ3n) is 2.36.